The second kappa shape index (κ2) is 4.88. The van der Waals surface area contributed by atoms with Gasteiger partial charge in [0.15, 0.2) is 0 Å². The fourth-order valence-corrected chi connectivity index (χ4v) is 3.23. The van der Waals surface area contributed by atoms with E-state index in [1.54, 1.807) is 22.7 Å². The topological polar surface area (TPSA) is 38.9 Å². The van der Waals surface area contributed by atoms with Crippen molar-refractivity contribution in [3.05, 3.63) is 27.9 Å². The summed E-state index contributed by atoms with van der Waals surface area (Å²) < 4.78 is 0. The van der Waals surface area contributed by atoms with Crippen molar-refractivity contribution < 1.29 is 0 Å². The minimum absolute atomic E-state index is 0.420. The molecule has 2 aromatic rings. The summed E-state index contributed by atoms with van der Waals surface area (Å²) in [6.07, 6.45) is 1.06. The molecule has 0 aliphatic heterocycles. The van der Waals surface area contributed by atoms with E-state index in [0.717, 1.165) is 12.1 Å². The highest BCUT2D eigenvalue weighted by atomic mass is 32.1. The quantitative estimate of drug-likeness (QED) is 0.887. The predicted octanol–water partition coefficient (Wildman–Crippen LogP) is 3.32. The first-order chi connectivity index (χ1) is 7.35. The molecule has 0 amide bonds. The fraction of sp³-hybridized carbons (Fsp3) is 0.364. The maximum Gasteiger partial charge on any atom is 0.0976 e. The summed E-state index contributed by atoms with van der Waals surface area (Å²) in [6, 6.07) is 4.16. The minimum Gasteiger partial charge on any atom is -0.330 e. The van der Waals surface area contributed by atoms with Crippen LogP contribution in [0.1, 0.15) is 24.3 Å². The Morgan fingerprint density at radius 2 is 2.33 bits per heavy atom. The molecule has 0 radical (unpaired) electrons. The summed E-state index contributed by atoms with van der Waals surface area (Å²) in [5, 5.41) is 5.37. The molecule has 2 aromatic heterocycles. The van der Waals surface area contributed by atoms with Crippen LogP contribution in [0.25, 0.3) is 10.6 Å². The van der Waals surface area contributed by atoms with Crippen LogP contribution in [0.15, 0.2) is 22.9 Å². The zero-order chi connectivity index (χ0) is 10.7. The van der Waals surface area contributed by atoms with E-state index in [4.69, 9.17) is 5.73 Å². The van der Waals surface area contributed by atoms with Crippen molar-refractivity contribution in [2.45, 2.75) is 19.3 Å². The molecule has 0 spiro atoms. The second-order valence-electron chi connectivity index (χ2n) is 3.39. The predicted molar refractivity (Wildman–Crippen MR) is 67.5 cm³/mol. The number of hydrogen-bond donors (Lipinski definition) is 1. The van der Waals surface area contributed by atoms with E-state index in [2.05, 4.69) is 34.8 Å². The number of rotatable bonds is 4. The van der Waals surface area contributed by atoms with Crippen molar-refractivity contribution in [3.8, 4) is 10.6 Å². The molecule has 0 aliphatic rings. The van der Waals surface area contributed by atoms with Gasteiger partial charge in [-0.1, -0.05) is 13.0 Å². The molecule has 2 heterocycles. The summed E-state index contributed by atoms with van der Waals surface area (Å²) in [5.41, 5.74) is 6.81. The second-order valence-corrected chi connectivity index (χ2v) is 5.23. The standard InChI is InChI=1S/C11H14N2S2/c1-2-8(6-12)11-13-9(7-15-11)10-4-3-5-14-10/h3-5,7-8H,2,6,12H2,1H3. The van der Waals surface area contributed by atoms with Gasteiger partial charge in [0, 0.05) is 17.8 Å². The first-order valence-corrected chi connectivity index (χ1v) is 6.80. The van der Waals surface area contributed by atoms with Crippen LogP contribution >= 0.6 is 22.7 Å². The number of nitrogens with zero attached hydrogens (tertiary/aromatic N) is 1. The largest absolute Gasteiger partial charge is 0.330 e. The van der Waals surface area contributed by atoms with E-state index in [0.29, 0.717) is 12.5 Å². The molecule has 0 aromatic carbocycles. The van der Waals surface area contributed by atoms with Gasteiger partial charge in [-0.25, -0.2) is 4.98 Å². The lowest BCUT2D eigenvalue weighted by Gasteiger charge is -2.06. The van der Waals surface area contributed by atoms with E-state index >= 15 is 0 Å². The molecule has 1 atom stereocenters. The van der Waals surface area contributed by atoms with E-state index in [1.807, 2.05) is 0 Å². The summed E-state index contributed by atoms with van der Waals surface area (Å²) in [5.74, 6) is 0.420. The molecule has 2 N–H and O–H groups in total. The van der Waals surface area contributed by atoms with Gasteiger partial charge in [0.1, 0.15) is 0 Å². The van der Waals surface area contributed by atoms with E-state index in [1.165, 1.54) is 9.88 Å². The SMILES string of the molecule is CCC(CN)c1nc(-c2cccs2)cs1. The third kappa shape index (κ3) is 2.27. The van der Waals surface area contributed by atoms with Gasteiger partial charge in [0.2, 0.25) is 0 Å². The van der Waals surface area contributed by atoms with E-state index in [9.17, 15) is 0 Å². The third-order valence-electron chi connectivity index (χ3n) is 2.42. The Hall–Kier alpha value is -0.710. The molecule has 4 heteroatoms. The Bertz CT molecular complexity index is 402. The van der Waals surface area contributed by atoms with E-state index < -0.39 is 0 Å². The Morgan fingerprint density at radius 3 is 2.93 bits per heavy atom. The molecule has 2 rings (SSSR count). The van der Waals surface area contributed by atoms with Crippen LogP contribution in [0.4, 0.5) is 0 Å². The minimum atomic E-state index is 0.420. The number of hydrogen-bond acceptors (Lipinski definition) is 4. The number of thiazole rings is 1. The highest BCUT2D eigenvalue weighted by Crippen LogP contribution is 2.29. The third-order valence-corrected chi connectivity index (χ3v) is 4.32. The summed E-state index contributed by atoms with van der Waals surface area (Å²) in [4.78, 5) is 5.88. The van der Waals surface area contributed by atoms with Gasteiger partial charge < -0.3 is 5.73 Å². The lowest BCUT2D eigenvalue weighted by molar-refractivity contribution is 0.670. The monoisotopic (exact) mass is 238 g/mol. The molecule has 0 fully saturated rings. The highest BCUT2D eigenvalue weighted by molar-refractivity contribution is 7.14. The van der Waals surface area contributed by atoms with Gasteiger partial charge in [-0.2, -0.15) is 0 Å². The molecule has 0 saturated carbocycles. The van der Waals surface area contributed by atoms with Gasteiger partial charge in [-0.05, 0) is 17.9 Å². The summed E-state index contributed by atoms with van der Waals surface area (Å²) in [7, 11) is 0. The molecule has 1 unspecified atom stereocenters. The Labute approximate surface area is 97.8 Å². The Kier molecular flexibility index (Phi) is 3.51. The smallest absolute Gasteiger partial charge is 0.0976 e. The molecule has 0 bridgehead atoms. The Morgan fingerprint density at radius 1 is 1.47 bits per heavy atom. The molecule has 2 nitrogen and oxygen atoms in total. The average Bonchev–Trinajstić information content (AvgIpc) is 2.89. The molecule has 80 valence electrons. The van der Waals surface area contributed by atoms with Gasteiger partial charge in [-0.15, -0.1) is 22.7 Å². The lowest BCUT2D eigenvalue weighted by atomic mass is 10.1. The van der Waals surface area contributed by atoms with Gasteiger partial charge >= 0.3 is 0 Å². The van der Waals surface area contributed by atoms with Crippen molar-refractivity contribution in [1.82, 2.24) is 4.98 Å². The number of thiophene rings is 1. The number of aromatic nitrogens is 1. The van der Waals surface area contributed by atoms with Gasteiger partial charge in [-0.3, -0.25) is 0 Å². The molecule has 0 aliphatic carbocycles. The normalized spacial score (nSPS) is 12.9. The molecular weight excluding hydrogens is 224 g/mol. The van der Waals surface area contributed by atoms with Crippen molar-refractivity contribution in [2.24, 2.45) is 5.73 Å². The van der Waals surface area contributed by atoms with Crippen molar-refractivity contribution in [3.63, 3.8) is 0 Å². The van der Waals surface area contributed by atoms with Crippen LogP contribution in [0.3, 0.4) is 0 Å². The van der Waals surface area contributed by atoms with E-state index in [-0.39, 0.29) is 0 Å². The van der Waals surface area contributed by atoms with Gasteiger partial charge in [0.05, 0.1) is 15.6 Å². The van der Waals surface area contributed by atoms with Crippen LogP contribution in [0, 0.1) is 0 Å². The maximum absolute atomic E-state index is 5.71. The molecule has 15 heavy (non-hydrogen) atoms. The van der Waals surface area contributed by atoms with Crippen molar-refractivity contribution >= 4 is 22.7 Å². The average molecular weight is 238 g/mol. The summed E-state index contributed by atoms with van der Waals surface area (Å²) in [6.45, 7) is 2.84. The van der Waals surface area contributed by atoms with Crippen molar-refractivity contribution in [2.75, 3.05) is 6.54 Å². The highest BCUT2D eigenvalue weighted by Gasteiger charge is 2.12. The fourth-order valence-electron chi connectivity index (χ4n) is 1.45. The van der Waals surface area contributed by atoms with Crippen LogP contribution in [0.2, 0.25) is 0 Å². The number of nitrogens with two attached hydrogens (primary N) is 1. The first kappa shape index (κ1) is 10.8. The van der Waals surface area contributed by atoms with Crippen LogP contribution in [-0.4, -0.2) is 11.5 Å². The first-order valence-electron chi connectivity index (χ1n) is 5.04. The lowest BCUT2D eigenvalue weighted by Crippen LogP contribution is -2.11. The Balaban J connectivity index is 2.24. The van der Waals surface area contributed by atoms with Crippen LogP contribution < -0.4 is 5.73 Å². The van der Waals surface area contributed by atoms with Gasteiger partial charge in [0.25, 0.3) is 0 Å². The van der Waals surface area contributed by atoms with Crippen molar-refractivity contribution in [1.29, 1.82) is 0 Å². The molecule has 0 saturated heterocycles. The summed E-state index contributed by atoms with van der Waals surface area (Å²) >= 11 is 3.45. The van der Waals surface area contributed by atoms with Crippen LogP contribution in [0.5, 0.6) is 0 Å². The van der Waals surface area contributed by atoms with Crippen LogP contribution in [-0.2, 0) is 0 Å². The zero-order valence-corrected chi connectivity index (χ0v) is 10.3. The maximum atomic E-state index is 5.71. The zero-order valence-electron chi connectivity index (χ0n) is 8.64. The molecular formula is C11H14N2S2.